The van der Waals surface area contributed by atoms with Crippen molar-refractivity contribution in [2.75, 3.05) is 37.8 Å². The van der Waals surface area contributed by atoms with Gasteiger partial charge in [-0.2, -0.15) is 4.31 Å². The third-order valence-electron chi connectivity index (χ3n) is 8.82. The number of nitrogens with two attached hydrogens (primary N) is 1. The SMILES string of the molecule is C=C(C)C(CCCC(=O)SCCNC(=O)CCNC(=O)C(O)C(C)(C)COP(=O)(O)OP(=O)(O)OCC1OC(n2cnc3c(N)ncnc32)C(O)C1OP(=O)(O)O)CC(=O)O. The van der Waals surface area contributed by atoms with Gasteiger partial charge in [-0.15, -0.1) is 0 Å². The van der Waals surface area contributed by atoms with Crippen molar-refractivity contribution in [2.24, 2.45) is 11.3 Å². The summed E-state index contributed by atoms with van der Waals surface area (Å²) in [5.74, 6) is -2.44. The number of rotatable bonds is 26. The molecule has 1 fully saturated rings. The number of ether oxygens (including phenoxy) is 1. The summed E-state index contributed by atoms with van der Waals surface area (Å²) in [5, 5.41) is 35.3. The van der Waals surface area contributed by atoms with Gasteiger partial charge in [-0.3, -0.25) is 37.3 Å². The van der Waals surface area contributed by atoms with Crippen molar-refractivity contribution in [2.45, 2.75) is 83.5 Å². The number of aliphatic hydroxyl groups is 2. The van der Waals surface area contributed by atoms with Crippen LogP contribution in [0.2, 0.25) is 0 Å². The van der Waals surface area contributed by atoms with Crippen LogP contribution in [0.3, 0.4) is 0 Å². The summed E-state index contributed by atoms with van der Waals surface area (Å²) in [7, 11) is -16.5. The lowest BCUT2D eigenvalue weighted by Crippen LogP contribution is -2.46. The Kier molecular flexibility index (Phi) is 19.1. The molecule has 8 unspecified atom stereocenters. The largest absolute Gasteiger partial charge is 0.481 e. The van der Waals surface area contributed by atoms with Crippen LogP contribution in [0.25, 0.3) is 11.2 Å². The Morgan fingerprint density at radius 2 is 1.72 bits per heavy atom. The number of nitrogens with zero attached hydrogens (tertiary/aromatic N) is 4. The summed E-state index contributed by atoms with van der Waals surface area (Å²) in [5.41, 5.74) is 4.95. The number of hydrogen-bond acceptors (Lipinski definition) is 19. The Morgan fingerprint density at radius 3 is 2.36 bits per heavy atom. The van der Waals surface area contributed by atoms with E-state index in [1.807, 2.05) is 0 Å². The maximum Gasteiger partial charge on any atom is 0.481 e. The maximum absolute atomic E-state index is 12.7. The smallest absolute Gasteiger partial charge is 0.481 e. The predicted molar refractivity (Wildman–Crippen MR) is 212 cm³/mol. The van der Waals surface area contributed by atoms with Crippen LogP contribution < -0.4 is 16.4 Å². The average molecular weight is 950 g/mol. The first kappa shape index (κ1) is 52.1. The molecule has 2 aromatic rings. The lowest BCUT2D eigenvalue weighted by Gasteiger charge is -2.30. The number of nitrogens with one attached hydrogen (secondary N) is 2. The number of carboxylic acid groups (broad SMARTS) is 1. The second kappa shape index (κ2) is 22.4. The van der Waals surface area contributed by atoms with Crippen LogP contribution in [-0.4, -0.2) is 134 Å². The van der Waals surface area contributed by atoms with Crippen LogP contribution in [-0.2, 0) is 55.5 Å². The second-order valence-corrected chi connectivity index (χ2v) is 19.7. The average Bonchev–Trinajstić information content (AvgIpc) is 3.70. The van der Waals surface area contributed by atoms with E-state index in [-0.39, 0.29) is 66.1 Å². The van der Waals surface area contributed by atoms with Gasteiger partial charge in [0.05, 0.1) is 26.0 Å². The minimum absolute atomic E-state index is 0.0210. The molecule has 0 spiro atoms. The standard InChI is InChI=1S/C31H50N7O19P3S/c1-17(2)18(12-21(40)41)6-5-7-22(42)61-11-10-33-20(39)8-9-34-29(45)26(44)31(3,4)14-54-60(51,52)57-59(49,50)53-13-19-25(56-58(46,47)48)24(43)30(55-19)38-16-37-23-27(32)35-15-36-28(23)38/h15-16,18-19,24-26,30,43-44H,1,5-14H2,2-4H3,(H,33,39)(H,34,45)(H,40,41)(H,49,50)(H,51,52)(H2,32,35,36)(H2,46,47,48). The fraction of sp³-hybridized carbons (Fsp3) is 0.645. The van der Waals surface area contributed by atoms with Crippen LogP contribution in [0.4, 0.5) is 5.82 Å². The Hall–Kier alpha value is -3.23. The van der Waals surface area contributed by atoms with Gasteiger partial charge in [-0.05, 0) is 25.7 Å². The molecular formula is C31H50N7O19P3S. The number of fused-ring (bicyclic) bond motifs is 1. The van der Waals surface area contributed by atoms with Gasteiger partial charge in [0.25, 0.3) is 0 Å². The zero-order valence-corrected chi connectivity index (χ0v) is 36.5. The topological polar surface area (TPSA) is 401 Å². The number of anilines is 1. The second-order valence-electron chi connectivity index (χ2n) is 14.3. The number of aromatic nitrogens is 4. The molecule has 0 bridgehead atoms. The molecule has 2 aromatic heterocycles. The van der Waals surface area contributed by atoms with E-state index in [9.17, 15) is 62.7 Å². The highest BCUT2D eigenvalue weighted by Crippen LogP contribution is 2.61. The minimum atomic E-state index is -5.59. The highest BCUT2D eigenvalue weighted by molar-refractivity contribution is 8.13. The predicted octanol–water partition coefficient (Wildman–Crippen LogP) is 0.502. The number of thioether (sulfide) groups is 1. The van der Waals surface area contributed by atoms with Crippen molar-refractivity contribution in [1.82, 2.24) is 30.2 Å². The fourth-order valence-corrected chi connectivity index (χ4v) is 9.14. The summed E-state index contributed by atoms with van der Waals surface area (Å²) in [6.45, 7) is 5.84. The molecular weight excluding hydrogens is 899 g/mol. The van der Waals surface area contributed by atoms with Crippen molar-refractivity contribution in [3.8, 4) is 0 Å². The van der Waals surface area contributed by atoms with E-state index in [1.165, 1.54) is 13.8 Å². The number of imidazole rings is 1. The molecule has 26 nitrogen and oxygen atoms in total. The number of aliphatic carboxylic acids is 1. The molecule has 1 aliphatic heterocycles. The molecule has 0 saturated carbocycles. The summed E-state index contributed by atoms with van der Waals surface area (Å²) in [4.78, 5) is 98.9. The normalized spacial score (nSPS) is 21.3. The first-order chi connectivity index (χ1) is 28.2. The number of phosphoric acid groups is 3. The van der Waals surface area contributed by atoms with Gasteiger partial charge in [0.15, 0.2) is 22.8 Å². The molecule has 30 heteroatoms. The molecule has 3 rings (SSSR count). The number of hydrogen-bond donors (Lipinski definition) is 10. The first-order valence-corrected chi connectivity index (χ1v) is 23.6. The molecule has 0 radical (unpaired) electrons. The van der Waals surface area contributed by atoms with Gasteiger partial charge in [0.2, 0.25) is 11.8 Å². The van der Waals surface area contributed by atoms with Crippen LogP contribution in [0, 0.1) is 11.3 Å². The lowest BCUT2D eigenvalue weighted by atomic mass is 9.87. The molecule has 344 valence electrons. The van der Waals surface area contributed by atoms with Crippen molar-refractivity contribution in [3.63, 3.8) is 0 Å². The van der Waals surface area contributed by atoms with Gasteiger partial charge in [-0.1, -0.05) is 37.8 Å². The van der Waals surface area contributed by atoms with Gasteiger partial charge < -0.3 is 56.0 Å². The third kappa shape index (κ3) is 16.8. The Morgan fingerprint density at radius 1 is 1.05 bits per heavy atom. The number of phosphoric ester groups is 3. The van der Waals surface area contributed by atoms with Crippen molar-refractivity contribution < 1.29 is 90.4 Å². The highest BCUT2D eigenvalue weighted by atomic mass is 32.2. The number of carbonyl (C=O) groups excluding carboxylic acids is 3. The lowest BCUT2D eigenvalue weighted by molar-refractivity contribution is -0.138. The third-order valence-corrected chi connectivity index (χ3v) is 12.9. The molecule has 0 aliphatic carbocycles. The monoisotopic (exact) mass is 949 g/mol. The quantitative estimate of drug-likeness (QED) is 0.0349. The van der Waals surface area contributed by atoms with Crippen molar-refractivity contribution >= 4 is 75.1 Å². The van der Waals surface area contributed by atoms with Gasteiger partial charge in [-0.25, -0.2) is 28.6 Å². The van der Waals surface area contributed by atoms with E-state index in [4.69, 9.17) is 24.6 Å². The van der Waals surface area contributed by atoms with Crippen molar-refractivity contribution in [1.29, 1.82) is 0 Å². The molecule has 0 aromatic carbocycles. The van der Waals surface area contributed by atoms with E-state index in [0.29, 0.717) is 12.8 Å². The van der Waals surface area contributed by atoms with Gasteiger partial charge in [0, 0.05) is 37.1 Å². The number of nitrogen functional groups attached to an aromatic ring is 1. The van der Waals surface area contributed by atoms with E-state index >= 15 is 0 Å². The zero-order chi connectivity index (χ0) is 45.9. The molecule has 2 amide bonds. The molecule has 61 heavy (non-hydrogen) atoms. The van der Waals surface area contributed by atoms with Crippen LogP contribution in [0.5, 0.6) is 0 Å². The van der Waals surface area contributed by atoms with E-state index in [0.717, 1.165) is 34.6 Å². The summed E-state index contributed by atoms with van der Waals surface area (Å²) in [6, 6.07) is 0. The Bertz CT molecular complexity index is 2040. The van der Waals surface area contributed by atoms with E-state index in [1.54, 1.807) is 6.92 Å². The van der Waals surface area contributed by atoms with E-state index < -0.39 is 90.5 Å². The van der Waals surface area contributed by atoms with E-state index in [2.05, 4.69) is 41.0 Å². The van der Waals surface area contributed by atoms with Crippen LogP contribution >= 0.6 is 35.2 Å². The number of carboxylic acids is 1. The number of aliphatic hydroxyl groups excluding tert-OH is 2. The maximum atomic E-state index is 12.7. The first-order valence-electron chi connectivity index (χ1n) is 18.1. The minimum Gasteiger partial charge on any atom is -0.481 e. The zero-order valence-electron chi connectivity index (χ0n) is 33.0. The molecule has 1 saturated heterocycles. The highest BCUT2D eigenvalue weighted by Gasteiger charge is 2.50. The Balaban J connectivity index is 1.42. The number of amides is 2. The molecule has 8 atom stereocenters. The summed E-state index contributed by atoms with van der Waals surface area (Å²) < 4.78 is 62.2. The molecule has 1 aliphatic rings. The molecule has 3 heterocycles. The van der Waals surface area contributed by atoms with Gasteiger partial charge >= 0.3 is 29.4 Å². The summed E-state index contributed by atoms with van der Waals surface area (Å²) in [6.07, 6.45) is -5.90. The fourth-order valence-electron chi connectivity index (χ4n) is 5.59. The van der Waals surface area contributed by atoms with Crippen molar-refractivity contribution in [3.05, 3.63) is 24.8 Å². The number of carbonyl (C=O) groups is 4. The molecule has 11 N–H and O–H groups in total. The van der Waals surface area contributed by atoms with Crippen LogP contribution in [0.1, 0.15) is 59.1 Å². The summed E-state index contributed by atoms with van der Waals surface area (Å²) >= 11 is 1.01. The number of allylic oxidation sites excluding steroid dienone is 1. The van der Waals surface area contributed by atoms with Gasteiger partial charge in [0.1, 0.15) is 36.3 Å². The Labute approximate surface area is 352 Å². The van der Waals surface area contributed by atoms with Crippen LogP contribution in [0.15, 0.2) is 24.8 Å².